The molecule has 3 N–H and O–H groups in total. The first kappa shape index (κ1) is 31.6. The molecule has 0 bridgehead atoms. The summed E-state index contributed by atoms with van der Waals surface area (Å²) in [7, 11) is 2.06. The molecule has 1 amide bonds. The van der Waals surface area contributed by atoms with Crippen LogP contribution < -0.4 is 20.7 Å². The van der Waals surface area contributed by atoms with Crippen LogP contribution in [0, 0.1) is 24.1 Å². The number of likely N-dealkylation sites (tertiary alicyclic amines) is 2. The van der Waals surface area contributed by atoms with Gasteiger partial charge < -0.3 is 25.6 Å². The lowest BCUT2D eigenvalue weighted by atomic mass is 9.97. The largest absolute Gasteiger partial charge is 0.459 e. The molecule has 0 saturated carbocycles. The van der Waals surface area contributed by atoms with E-state index in [4.69, 9.17) is 33.6 Å². The zero-order valence-corrected chi connectivity index (χ0v) is 27.9. The Hall–Kier alpha value is -3.99. The summed E-state index contributed by atoms with van der Waals surface area (Å²) in [6.45, 7) is 15.2. The number of aromatic nitrogens is 2. The molecule has 2 saturated heterocycles. The highest BCUT2D eigenvalue weighted by molar-refractivity contribution is 7.23. The van der Waals surface area contributed by atoms with Gasteiger partial charge in [-0.3, -0.25) is 9.69 Å². The van der Waals surface area contributed by atoms with E-state index in [1.807, 2.05) is 11.8 Å². The number of rotatable bonds is 6. The predicted octanol–water partition coefficient (Wildman–Crippen LogP) is 6.54. The summed E-state index contributed by atoms with van der Waals surface area (Å²) in [5.41, 5.74) is 6.88. The Morgan fingerprint density at radius 1 is 1.26 bits per heavy atom. The van der Waals surface area contributed by atoms with Crippen molar-refractivity contribution in [2.24, 2.45) is 5.92 Å². The van der Waals surface area contributed by atoms with Crippen LogP contribution in [-0.2, 0) is 4.79 Å². The predicted molar refractivity (Wildman–Crippen MR) is 183 cm³/mol. The van der Waals surface area contributed by atoms with Crippen molar-refractivity contribution in [2.75, 3.05) is 62.3 Å². The maximum Gasteiger partial charge on any atom is 0.319 e. The summed E-state index contributed by atoms with van der Waals surface area (Å²) in [6.07, 6.45) is 2.61. The number of halogens is 3. The highest BCUT2D eigenvalue weighted by Crippen LogP contribution is 2.51. The Kier molecular flexibility index (Phi) is 8.22. The van der Waals surface area contributed by atoms with E-state index in [9.17, 15) is 9.18 Å². The molecule has 4 aromatic rings. The average Bonchev–Trinajstić information content (AvgIpc) is 3.74. The molecule has 3 aliphatic heterocycles. The van der Waals surface area contributed by atoms with Crippen molar-refractivity contribution in [2.45, 2.75) is 45.3 Å². The second kappa shape index (κ2) is 12.2. The van der Waals surface area contributed by atoms with Gasteiger partial charge in [-0.15, -0.1) is 11.3 Å². The van der Waals surface area contributed by atoms with Gasteiger partial charge in [0.05, 0.1) is 32.4 Å². The lowest BCUT2D eigenvalue weighted by molar-refractivity contribution is -0.127. The van der Waals surface area contributed by atoms with E-state index in [0.717, 1.165) is 37.1 Å². The molecular formula is C33H35ClF2N8O2S. The van der Waals surface area contributed by atoms with Crippen LogP contribution >= 0.6 is 22.9 Å². The number of likely N-dealkylation sites (N-methyl/N-ethyl adjacent to an activating group) is 1. The number of fused-ring (bicyclic) bond motifs is 1. The van der Waals surface area contributed by atoms with Gasteiger partial charge in [0.1, 0.15) is 23.3 Å². The van der Waals surface area contributed by atoms with Gasteiger partial charge in [-0.1, -0.05) is 17.7 Å². The molecular weight excluding hydrogens is 646 g/mol. The third-order valence-corrected chi connectivity index (χ3v) is 11.2. The summed E-state index contributed by atoms with van der Waals surface area (Å²) < 4.78 is 38.7. The number of ether oxygens (including phenoxy) is 1. The van der Waals surface area contributed by atoms with Crippen LogP contribution in [-0.4, -0.2) is 84.1 Å². The van der Waals surface area contributed by atoms with Crippen LogP contribution in [0.4, 0.5) is 31.0 Å². The number of nitrogens with zero attached hydrogens (tertiary/aromatic N) is 6. The third-order valence-electron chi connectivity index (χ3n) is 9.76. The first-order valence-electron chi connectivity index (χ1n) is 15.8. The van der Waals surface area contributed by atoms with Gasteiger partial charge in [-0.25, -0.2) is 13.6 Å². The zero-order chi connectivity index (χ0) is 33.1. The van der Waals surface area contributed by atoms with Gasteiger partial charge in [-0.2, -0.15) is 9.97 Å². The number of hydrogen-bond acceptors (Lipinski definition) is 9. The van der Waals surface area contributed by atoms with Crippen molar-refractivity contribution in [1.82, 2.24) is 19.8 Å². The van der Waals surface area contributed by atoms with E-state index < -0.39 is 11.6 Å². The lowest BCUT2D eigenvalue weighted by Crippen LogP contribution is -2.38. The molecule has 246 valence electrons. The van der Waals surface area contributed by atoms with Crippen LogP contribution in [0.2, 0.25) is 5.02 Å². The molecule has 0 aliphatic carbocycles. The van der Waals surface area contributed by atoms with Crippen LogP contribution in [0.3, 0.4) is 0 Å². The van der Waals surface area contributed by atoms with Crippen molar-refractivity contribution in [3.05, 3.63) is 40.2 Å². The molecule has 3 aliphatic rings. The molecule has 47 heavy (non-hydrogen) atoms. The Morgan fingerprint density at radius 2 is 2.06 bits per heavy atom. The summed E-state index contributed by atoms with van der Waals surface area (Å²) in [5.74, 6) is -0.540. The fourth-order valence-electron chi connectivity index (χ4n) is 7.40. The number of thiophene rings is 1. The van der Waals surface area contributed by atoms with E-state index in [2.05, 4.69) is 32.0 Å². The number of nitrogen functional groups attached to an aromatic ring is 1. The van der Waals surface area contributed by atoms with E-state index in [1.165, 1.54) is 12.1 Å². The fraction of sp³-hybridized carbons (Fsp3) is 0.455. The summed E-state index contributed by atoms with van der Waals surface area (Å²) in [5, 5.41) is 4.25. The maximum atomic E-state index is 17.2. The summed E-state index contributed by atoms with van der Waals surface area (Å²) in [6, 6.07) is 2.88. The minimum atomic E-state index is -0.728. The first-order chi connectivity index (χ1) is 22.6. The topological polar surface area (TPSA) is 104 Å². The van der Waals surface area contributed by atoms with Gasteiger partial charge in [0.2, 0.25) is 11.6 Å². The average molecular weight is 681 g/mol. The molecule has 7 rings (SSSR count). The fourth-order valence-corrected chi connectivity index (χ4v) is 8.68. The molecule has 0 radical (unpaired) electrons. The Labute approximate surface area is 280 Å². The molecule has 2 aromatic heterocycles. The van der Waals surface area contributed by atoms with Crippen LogP contribution in [0.5, 0.6) is 6.01 Å². The SMILES string of the molecule is [C-]#[N+]c1c(N)sc2c(F)ccc(-c3c(Cl)c4c5c(nc(O[C@@H](C)C6CCCN6C)nc5c3F)N(CC3CCN(C(C)=O)C3)CCN4)c12. The number of nitrogens with one attached hydrogen (secondary N) is 1. The number of benzene rings is 2. The summed E-state index contributed by atoms with van der Waals surface area (Å²) >= 11 is 8.04. The Bertz CT molecular complexity index is 1970. The van der Waals surface area contributed by atoms with Crippen molar-refractivity contribution in [3.8, 4) is 17.1 Å². The minimum Gasteiger partial charge on any atom is -0.459 e. The summed E-state index contributed by atoms with van der Waals surface area (Å²) in [4.78, 5) is 31.4. The smallest absolute Gasteiger partial charge is 0.319 e. The van der Waals surface area contributed by atoms with Crippen LogP contribution in [0.1, 0.15) is 33.1 Å². The number of anilines is 3. The van der Waals surface area contributed by atoms with Crippen molar-refractivity contribution in [1.29, 1.82) is 0 Å². The standard InChI is InChI=1S/C33H35ClF2N8O2S/c1-16(21-6-5-11-42(21)4)46-33-40-28-24-27(39-10-13-44(32(24)41-33)15-18-9-12-43(14-18)17(2)45)25(34)22(26(28)36)19-7-8-20(35)30-23(19)29(38-3)31(37)47-30/h7-8,16,18,21,39H,5-6,9-15,37H2,1-2,4H3/t16-,18?,21?/m0/s1. The number of nitrogens with two attached hydrogens (primary N) is 1. The van der Waals surface area contributed by atoms with E-state index in [1.54, 1.807) is 6.92 Å². The van der Waals surface area contributed by atoms with Gasteiger partial charge in [-0.05, 0) is 57.3 Å². The van der Waals surface area contributed by atoms with Gasteiger partial charge in [0.15, 0.2) is 5.82 Å². The monoisotopic (exact) mass is 680 g/mol. The van der Waals surface area contributed by atoms with Gasteiger partial charge in [0.25, 0.3) is 0 Å². The highest BCUT2D eigenvalue weighted by atomic mass is 35.5. The van der Waals surface area contributed by atoms with Crippen LogP contribution in [0.25, 0.3) is 37.0 Å². The normalized spacial score (nSPS) is 20.4. The van der Waals surface area contributed by atoms with Crippen molar-refractivity contribution in [3.63, 3.8) is 0 Å². The molecule has 2 unspecified atom stereocenters. The second-order valence-corrected chi connectivity index (χ2v) is 14.1. The molecule has 14 heteroatoms. The highest BCUT2D eigenvalue weighted by Gasteiger charge is 2.34. The Morgan fingerprint density at radius 3 is 2.77 bits per heavy atom. The minimum absolute atomic E-state index is 0.00474. The Balaban J connectivity index is 1.42. The molecule has 3 atom stereocenters. The molecule has 10 nitrogen and oxygen atoms in total. The first-order valence-corrected chi connectivity index (χ1v) is 17.0. The lowest BCUT2D eigenvalue weighted by Gasteiger charge is -2.28. The number of amides is 1. The van der Waals surface area contributed by atoms with Crippen molar-refractivity contribution >= 4 is 72.0 Å². The maximum absolute atomic E-state index is 17.2. The van der Waals surface area contributed by atoms with Crippen LogP contribution in [0.15, 0.2) is 12.1 Å². The quantitative estimate of drug-likeness (QED) is 0.222. The molecule has 2 aromatic carbocycles. The molecule has 2 fully saturated rings. The second-order valence-electron chi connectivity index (χ2n) is 12.7. The zero-order valence-electron chi connectivity index (χ0n) is 26.4. The molecule has 0 spiro atoms. The van der Waals surface area contributed by atoms with E-state index in [-0.39, 0.29) is 72.4 Å². The van der Waals surface area contributed by atoms with Crippen molar-refractivity contribution < 1.29 is 18.3 Å². The van der Waals surface area contributed by atoms with Gasteiger partial charge in [0, 0.05) is 56.6 Å². The van der Waals surface area contributed by atoms with Gasteiger partial charge >= 0.3 is 6.01 Å². The number of carbonyl (C=O) groups excluding carboxylic acids is 1. The molecule has 5 heterocycles. The third kappa shape index (κ3) is 5.36. The number of carbonyl (C=O) groups is 1. The van der Waals surface area contributed by atoms with E-state index >= 15 is 4.39 Å². The number of hydrogen-bond donors (Lipinski definition) is 2. The van der Waals surface area contributed by atoms with E-state index in [0.29, 0.717) is 49.6 Å².